The summed E-state index contributed by atoms with van der Waals surface area (Å²) in [6.45, 7) is 2.50. The van der Waals surface area contributed by atoms with E-state index in [4.69, 9.17) is 14.2 Å². The number of carbonyl (C=O) groups is 1. The van der Waals surface area contributed by atoms with Crippen LogP contribution in [0.15, 0.2) is 12.2 Å². The minimum absolute atomic E-state index is 0.271. The third-order valence-electron chi connectivity index (χ3n) is 1.69. The SMILES string of the molecule is COC(=O)OC1C=CCOC(C)OC1. The number of methoxy groups -OCH3 is 1. The minimum Gasteiger partial charge on any atom is -0.438 e. The van der Waals surface area contributed by atoms with Crippen molar-refractivity contribution in [3.05, 3.63) is 12.2 Å². The molecule has 5 nitrogen and oxygen atoms in total. The minimum atomic E-state index is -0.711. The molecule has 0 amide bonds. The van der Waals surface area contributed by atoms with Crippen molar-refractivity contribution >= 4 is 6.16 Å². The van der Waals surface area contributed by atoms with Gasteiger partial charge in [-0.1, -0.05) is 6.08 Å². The van der Waals surface area contributed by atoms with Crippen LogP contribution in [0.4, 0.5) is 4.79 Å². The van der Waals surface area contributed by atoms with Gasteiger partial charge in [0.2, 0.25) is 0 Å². The Bertz CT molecular complexity index is 213. The predicted octanol–water partition coefficient (Wildman–Crippen LogP) is 1.09. The molecule has 0 radical (unpaired) electrons. The van der Waals surface area contributed by atoms with Crippen LogP contribution in [0.3, 0.4) is 0 Å². The second-order valence-electron chi connectivity index (χ2n) is 2.77. The smallest absolute Gasteiger partial charge is 0.438 e. The summed E-state index contributed by atoms with van der Waals surface area (Å²) in [7, 11) is 1.27. The standard InChI is InChI=1S/C9H14O5/c1-7-12-5-3-4-8(6-13-7)14-9(10)11-2/h3-4,7-8H,5-6H2,1-2H3. The first-order valence-corrected chi connectivity index (χ1v) is 4.37. The highest BCUT2D eigenvalue weighted by molar-refractivity contribution is 5.60. The lowest BCUT2D eigenvalue weighted by molar-refractivity contribution is -0.141. The molecule has 1 rings (SSSR count). The van der Waals surface area contributed by atoms with Crippen molar-refractivity contribution in [1.82, 2.24) is 0 Å². The third-order valence-corrected chi connectivity index (χ3v) is 1.69. The van der Waals surface area contributed by atoms with Crippen molar-refractivity contribution in [1.29, 1.82) is 0 Å². The Hall–Kier alpha value is -1.07. The van der Waals surface area contributed by atoms with E-state index in [0.29, 0.717) is 6.61 Å². The van der Waals surface area contributed by atoms with Crippen LogP contribution < -0.4 is 0 Å². The number of hydrogen-bond acceptors (Lipinski definition) is 5. The largest absolute Gasteiger partial charge is 0.508 e. The van der Waals surface area contributed by atoms with Gasteiger partial charge in [-0.25, -0.2) is 4.79 Å². The fourth-order valence-electron chi connectivity index (χ4n) is 0.977. The molecule has 0 aromatic carbocycles. The zero-order valence-electron chi connectivity index (χ0n) is 8.26. The van der Waals surface area contributed by atoms with Gasteiger partial charge in [-0.2, -0.15) is 0 Å². The van der Waals surface area contributed by atoms with Gasteiger partial charge >= 0.3 is 6.16 Å². The Morgan fingerprint density at radius 2 is 2.29 bits per heavy atom. The lowest BCUT2D eigenvalue weighted by Gasteiger charge is -2.20. The van der Waals surface area contributed by atoms with Gasteiger partial charge < -0.3 is 18.9 Å². The molecule has 0 aromatic rings. The Balaban J connectivity index is 2.42. The highest BCUT2D eigenvalue weighted by atomic mass is 16.7. The molecule has 0 fully saturated rings. The van der Waals surface area contributed by atoms with E-state index < -0.39 is 12.3 Å². The molecule has 1 aliphatic heterocycles. The van der Waals surface area contributed by atoms with Crippen molar-refractivity contribution in [2.75, 3.05) is 20.3 Å². The van der Waals surface area contributed by atoms with Gasteiger partial charge in [0.05, 0.1) is 20.3 Å². The highest BCUT2D eigenvalue weighted by Crippen LogP contribution is 2.05. The molecule has 0 spiro atoms. The molecule has 80 valence electrons. The van der Waals surface area contributed by atoms with Crippen LogP contribution in [0.5, 0.6) is 0 Å². The van der Waals surface area contributed by atoms with Crippen LogP contribution in [0.1, 0.15) is 6.92 Å². The number of rotatable bonds is 1. The van der Waals surface area contributed by atoms with Crippen molar-refractivity contribution in [2.24, 2.45) is 0 Å². The van der Waals surface area contributed by atoms with E-state index in [1.807, 2.05) is 0 Å². The fourth-order valence-corrected chi connectivity index (χ4v) is 0.977. The summed E-state index contributed by atoms with van der Waals surface area (Å²) in [5, 5.41) is 0. The lowest BCUT2D eigenvalue weighted by atomic mass is 10.3. The lowest BCUT2D eigenvalue weighted by Crippen LogP contribution is -2.27. The topological polar surface area (TPSA) is 54.0 Å². The van der Waals surface area contributed by atoms with Crippen molar-refractivity contribution in [3.63, 3.8) is 0 Å². The van der Waals surface area contributed by atoms with Crippen molar-refractivity contribution < 1.29 is 23.7 Å². The molecule has 0 N–H and O–H groups in total. The van der Waals surface area contributed by atoms with Gasteiger partial charge in [-0.05, 0) is 13.0 Å². The Kier molecular flexibility index (Phi) is 4.42. The number of carbonyl (C=O) groups excluding carboxylic acids is 1. The maximum Gasteiger partial charge on any atom is 0.508 e. The Morgan fingerprint density at radius 3 is 3.00 bits per heavy atom. The molecule has 2 atom stereocenters. The molecule has 14 heavy (non-hydrogen) atoms. The summed E-state index contributed by atoms with van der Waals surface area (Å²) in [6.07, 6.45) is 2.09. The molecule has 1 heterocycles. The predicted molar refractivity (Wildman–Crippen MR) is 47.8 cm³/mol. The molecule has 2 unspecified atom stereocenters. The van der Waals surface area contributed by atoms with Crippen molar-refractivity contribution in [2.45, 2.75) is 19.3 Å². The summed E-state index contributed by atoms with van der Waals surface area (Å²) in [5.74, 6) is 0. The molecule has 5 heteroatoms. The summed E-state index contributed by atoms with van der Waals surface area (Å²) < 4.78 is 19.7. The first-order valence-electron chi connectivity index (χ1n) is 4.37. The summed E-state index contributed by atoms with van der Waals surface area (Å²) in [5.41, 5.74) is 0. The monoisotopic (exact) mass is 202 g/mol. The molecule has 0 saturated carbocycles. The second kappa shape index (κ2) is 5.62. The normalized spacial score (nSPS) is 27.6. The summed E-state index contributed by atoms with van der Waals surface area (Å²) in [6, 6.07) is 0. The quantitative estimate of drug-likeness (QED) is 0.470. The van der Waals surface area contributed by atoms with Gasteiger partial charge in [-0.15, -0.1) is 0 Å². The van der Waals surface area contributed by atoms with E-state index in [9.17, 15) is 4.79 Å². The molecule has 1 aliphatic rings. The first-order chi connectivity index (χ1) is 6.72. The van der Waals surface area contributed by atoms with Crippen molar-refractivity contribution in [3.8, 4) is 0 Å². The van der Waals surface area contributed by atoms with Gasteiger partial charge in [0, 0.05) is 0 Å². The zero-order valence-corrected chi connectivity index (χ0v) is 8.26. The van der Waals surface area contributed by atoms with E-state index in [0.717, 1.165) is 0 Å². The van der Waals surface area contributed by atoms with Gasteiger partial charge in [0.15, 0.2) is 6.29 Å². The number of ether oxygens (including phenoxy) is 4. The maximum absolute atomic E-state index is 10.8. The third kappa shape index (κ3) is 3.76. The van der Waals surface area contributed by atoms with Crippen LogP contribution in [-0.4, -0.2) is 38.9 Å². The van der Waals surface area contributed by atoms with E-state index in [1.165, 1.54) is 7.11 Å². The molecule has 0 saturated heterocycles. The average Bonchev–Trinajstić information content (AvgIpc) is 2.16. The van der Waals surface area contributed by atoms with E-state index in [2.05, 4.69) is 4.74 Å². The second-order valence-corrected chi connectivity index (χ2v) is 2.77. The molecule has 0 bridgehead atoms. The Morgan fingerprint density at radius 1 is 1.50 bits per heavy atom. The van der Waals surface area contributed by atoms with Gasteiger partial charge in [-0.3, -0.25) is 0 Å². The summed E-state index contributed by atoms with van der Waals surface area (Å²) in [4.78, 5) is 10.8. The van der Waals surface area contributed by atoms with Crippen LogP contribution >= 0.6 is 0 Å². The van der Waals surface area contributed by atoms with Crippen LogP contribution in [0.2, 0.25) is 0 Å². The summed E-state index contributed by atoms with van der Waals surface area (Å²) >= 11 is 0. The van der Waals surface area contributed by atoms with Crippen LogP contribution in [0, 0.1) is 0 Å². The first kappa shape index (κ1) is 11.0. The Labute approximate surface area is 82.6 Å². The van der Waals surface area contributed by atoms with Gasteiger partial charge in [0.1, 0.15) is 6.10 Å². The van der Waals surface area contributed by atoms with Crippen LogP contribution in [-0.2, 0) is 18.9 Å². The average molecular weight is 202 g/mol. The van der Waals surface area contributed by atoms with E-state index >= 15 is 0 Å². The highest BCUT2D eigenvalue weighted by Gasteiger charge is 2.15. The van der Waals surface area contributed by atoms with E-state index in [1.54, 1.807) is 19.1 Å². The molecule has 0 aromatic heterocycles. The molecular weight excluding hydrogens is 188 g/mol. The number of hydrogen-bond donors (Lipinski definition) is 0. The van der Waals surface area contributed by atoms with Gasteiger partial charge in [0.25, 0.3) is 0 Å². The van der Waals surface area contributed by atoms with E-state index in [-0.39, 0.29) is 12.9 Å². The molecule has 0 aliphatic carbocycles. The molecular formula is C9H14O5. The fraction of sp³-hybridized carbons (Fsp3) is 0.667. The van der Waals surface area contributed by atoms with Crippen LogP contribution in [0.25, 0.3) is 0 Å². The maximum atomic E-state index is 10.8. The zero-order chi connectivity index (χ0) is 10.4.